The minimum absolute atomic E-state index is 0.206. The van der Waals surface area contributed by atoms with Gasteiger partial charge in [-0.15, -0.1) is 0 Å². The van der Waals surface area contributed by atoms with Crippen molar-refractivity contribution in [1.82, 2.24) is 15.1 Å². The molecule has 0 aliphatic heterocycles. The first kappa shape index (κ1) is 16.4. The molecule has 0 unspecified atom stereocenters. The van der Waals surface area contributed by atoms with Gasteiger partial charge in [0.25, 0.3) is 11.5 Å². The molecule has 2 aromatic rings. The highest BCUT2D eigenvalue weighted by Crippen LogP contribution is 2.22. The van der Waals surface area contributed by atoms with Gasteiger partial charge in [-0.2, -0.15) is 5.10 Å². The van der Waals surface area contributed by atoms with E-state index in [1.807, 2.05) is 30.3 Å². The molecule has 1 saturated carbocycles. The van der Waals surface area contributed by atoms with Crippen molar-refractivity contribution < 1.29 is 4.79 Å². The number of carbonyl (C=O) groups excluding carboxylic acids is 1. The molecule has 1 aliphatic carbocycles. The highest BCUT2D eigenvalue weighted by molar-refractivity contribution is 5.91. The molecular formula is C19H23N3O2. The lowest BCUT2D eigenvalue weighted by atomic mass is 9.89. The van der Waals surface area contributed by atoms with Gasteiger partial charge in [-0.1, -0.05) is 49.6 Å². The Morgan fingerprint density at radius 2 is 1.83 bits per heavy atom. The molecule has 0 atom stereocenters. The molecule has 5 heteroatoms. The Balaban J connectivity index is 1.66. The third-order valence-electron chi connectivity index (χ3n) is 4.55. The fourth-order valence-electron chi connectivity index (χ4n) is 3.16. The maximum Gasteiger partial charge on any atom is 0.271 e. The SMILES string of the molecule is O=C(NCC1CCCCC1)c1ccc(=O)n(Cc2ccccc2)n1. The average Bonchev–Trinajstić information content (AvgIpc) is 2.63. The molecule has 1 amide bonds. The van der Waals surface area contributed by atoms with Crippen LogP contribution < -0.4 is 10.9 Å². The van der Waals surface area contributed by atoms with Crippen molar-refractivity contribution >= 4 is 5.91 Å². The Kier molecular flexibility index (Phi) is 5.41. The molecule has 1 aromatic heterocycles. The van der Waals surface area contributed by atoms with Crippen LogP contribution in [0.25, 0.3) is 0 Å². The molecule has 1 N–H and O–H groups in total. The summed E-state index contributed by atoms with van der Waals surface area (Å²) in [4.78, 5) is 24.3. The second-order valence-corrected chi connectivity index (χ2v) is 6.41. The number of aromatic nitrogens is 2. The summed E-state index contributed by atoms with van der Waals surface area (Å²) in [7, 11) is 0. The number of benzene rings is 1. The van der Waals surface area contributed by atoms with Crippen LogP contribution in [0, 0.1) is 5.92 Å². The first-order chi connectivity index (χ1) is 11.7. The van der Waals surface area contributed by atoms with Crippen molar-refractivity contribution in [2.75, 3.05) is 6.54 Å². The van der Waals surface area contributed by atoms with Crippen LogP contribution in [0.2, 0.25) is 0 Å². The number of amides is 1. The normalized spacial score (nSPS) is 15.2. The lowest BCUT2D eigenvalue weighted by Crippen LogP contribution is -2.33. The molecule has 1 fully saturated rings. The molecule has 1 heterocycles. The van der Waals surface area contributed by atoms with Crippen molar-refractivity contribution in [1.29, 1.82) is 0 Å². The summed E-state index contributed by atoms with van der Waals surface area (Å²) in [6, 6.07) is 12.5. The first-order valence-corrected chi connectivity index (χ1v) is 8.62. The van der Waals surface area contributed by atoms with Crippen molar-refractivity contribution in [2.24, 2.45) is 5.92 Å². The average molecular weight is 325 g/mol. The summed E-state index contributed by atoms with van der Waals surface area (Å²) < 4.78 is 1.34. The number of hydrogen-bond acceptors (Lipinski definition) is 3. The van der Waals surface area contributed by atoms with E-state index in [-0.39, 0.29) is 11.5 Å². The number of hydrogen-bond donors (Lipinski definition) is 1. The van der Waals surface area contributed by atoms with Gasteiger partial charge in [0, 0.05) is 12.6 Å². The highest BCUT2D eigenvalue weighted by Gasteiger charge is 2.16. The van der Waals surface area contributed by atoms with Crippen LogP contribution in [0.5, 0.6) is 0 Å². The lowest BCUT2D eigenvalue weighted by Gasteiger charge is -2.21. The fourth-order valence-corrected chi connectivity index (χ4v) is 3.16. The van der Waals surface area contributed by atoms with E-state index in [0.717, 1.165) is 5.56 Å². The van der Waals surface area contributed by atoms with Crippen LogP contribution >= 0.6 is 0 Å². The molecule has 0 radical (unpaired) electrons. The van der Waals surface area contributed by atoms with Gasteiger partial charge in [0.05, 0.1) is 6.54 Å². The summed E-state index contributed by atoms with van der Waals surface area (Å²) in [5, 5.41) is 7.19. The van der Waals surface area contributed by atoms with Gasteiger partial charge >= 0.3 is 0 Å². The maximum atomic E-state index is 12.3. The minimum atomic E-state index is -0.206. The van der Waals surface area contributed by atoms with Crippen molar-refractivity contribution in [3.8, 4) is 0 Å². The molecule has 24 heavy (non-hydrogen) atoms. The summed E-state index contributed by atoms with van der Waals surface area (Å²) >= 11 is 0. The lowest BCUT2D eigenvalue weighted by molar-refractivity contribution is 0.0936. The maximum absolute atomic E-state index is 12.3. The molecule has 5 nitrogen and oxygen atoms in total. The second-order valence-electron chi connectivity index (χ2n) is 6.41. The zero-order valence-electron chi connectivity index (χ0n) is 13.8. The van der Waals surface area contributed by atoms with Crippen molar-refractivity contribution in [3.63, 3.8) is 0 Å². The zero-order valence-corrected chi connectivity index (χ0v) is 13.8. The first-order valence-electron chi connectivity index (χ1n) is 8.62. The van der Waals surface area contributed by atoms with Crippen LogP contribution in [0.15, 0.2) is 47.3 Å². The Morgan fingerprint density at radius 1 is 1.08 bits per heavy atom. The van der Waals surface area contributed by atoms with Crippen LogP contribution in [-0.4, -0.2) is 22.2 Å². The molecule has 0 bridgehead atoms. The van der Waals surface area contributed by atoms with Gasteiger partial charge in [-0.25, -0.2) is 4.68 Å². The van der Waals surface area contributed by atoms with E-state index in [4.69, 9.17) is 0 Å². The smallest absolute Gasteiger partial charge is 0.271 e. The number of rotatable bonds is 5. The minimum Gasteiger partial charge on any atom is -0.350 e. The molecule has 1 aliphatic rings. The fraction of sp³-hybridized carbons (Fsp3) is 0.421. The molecule has 0 spiro atoms. The monoisotopic (exact) mass is 325 g/mol. The highest BCUT2D eigenvalue weighted by atomic mass is 16.2. The van der Waals surface area contributed by atoms with E-state index in [0.29, 0.717) is 24.7 Å². The van der Waals surface area contributed by atoms with E-state index in [2.05, 4.69) is 10.4 Å². The Morgan fingerprint density at radius 3 is 2.58 bits per heavy atom. The van der Waals surface area contributed by atoms with Crippen LogP contribution in [-0.2, 0) is 6.54 Å². The van der Waals surface area contributed by atoms with Gasteiger partial charge in [-0.05, 0) is 30.4 Å². The van der Waals surface area contributed by atoms with Crippen LogP contribution in [0.3, 0.4) is 0 Å². The Labute approximate surface area is 141 Å². The Hall–Kier alpha value is -2.43. The van der Waals surface area contributed by atoms with E-state index < -0.39 is 0 Å². The molecule has 126 valence electrons. The number of nitrogens with one attached hydrogen (secondary N) is 1. The summed E-state index contributed by atoms with van der Waals surface area (Å²) in [6.45, 7) is 1.06. The molecule has 3 rings (SSSR count). The predicted octanol–water partition coefficient (Wildman–Crippen LogP) is 2.60. The van der Waals surface area contributed by atoms with Crippen LogP contribution in [0.4, 0.5) is 0 Å². The van der Waals surface area contributed by atoms with E-state index in [1.165, 1.54) is 48.9 Å². The van der Waals surface area contributed by atoms with E-state index in [1.54, 1.807) is 0 Å². The summed E-state index contributed by atoms with van der Waals surface area (Å²) in [6.07, 6.45) is 6.17. The summed E-state index contributed by atoms with van der Waals surface area (Å²) in [5.41, 5.74) is 1.07. The van der Waals surface area contributed by atoms with Gasteiger partial charge in [-0.3, -0.25) is 9.59 Å². The van der Waals surface area contributed by atoms with Gasteiger partial charge in [0.2, 0.25) is 0 Å². The van der Waals surface area contributed by atoms with E-state index >= 15 is 0 Å². The molecule has 0 saturated heterocycles. The zero-order chi connectivity index (χ0) is 16.8. The van der Waals surface area contributed by atoms with Crippen molar-refractivity contribution in [3.05, 3.63) is 64.1 Å². The third-order valence-corrected chi connectivity index (χ3v) is 4.55. The topological polar surface area (TPSA) is 64.0 Å². The quantitative estimate of drug-likeness (QED) is 0.919. The third kappa shape index (κ3) is 4.31. The largest absolute Gasteiger partial charge is 0.350 e. The van der Waals surface area contributed by atoms with Crippen molar-refractivity contribution in [2.45, 2.75) is 38.6 Å². The predicted molar refractivity (Wildman–Crippen MR) is 92.9 cm³/mol. The van der Waals surface area contributed by atoms with Gasteiger partial charge < -0.3 is 5.32 Å². The molecule has 1 aromatic carbocycles. The standard InChI is InChI=1S/C19H23N3O2/c23-18-12-11-17(19(24)20-13-15-7-3-1-4-8-15)21-22(18)14-16-9-5-2-6-10-16/h2,5-6,9-12,15H,1,3-4,7-8,13-14H2,(H,20,24). The van der Waals surface area contributed by atoms with Gasteiger partial charge in [0.1, 0.15) is 5.69 Å². The van der Waals surface area contributed by atoms with Crippen LogP contribution in [0.1, 0.15) is 48.2 Å². The Bertz CT molecular complexity index is 734. The van der Waals surface area contributed by atoms with Gasteiger partial charge in [0.15, 0.2) is 0 Å². The molecular weight excluding hydrogens is 302 g/mol. The number of carbonyl (C=O) groups is 1. The second kappa shape index (κ2) is 7.90. The summed E-state index contributed by atoms with van der Waals surface area (Å²) in [5.74, 6) is 0.361. The van der Waals surface area contributed by atoms with E-state index in [9.17, 15) is 9.59 Å². The number of nitrogens with zero attached hydrogens (tertiary/aromatic N) is 2.